The molecule has 0 aliphatic carbocycles. The van der Waals surface area contributed by atoms with Gasteiger partial charge < -0.3 is 10.4 Å². The van der Waals surface area contributed by atoms with Crippen LogP contribution in [0.1, 0.15) is 38.8 Å². The van der Waals surface area contributed by atoms with E-state index in [4.69, 9.17) is 5.11 Å². The van der Waals surface area contributed by atoms with E-state index in [0.717, 1.165) is 5.56 Å². The maximum Gasteiger partial charge on any atom is 0.309 e. The lowest BCUT2D eigenvalue weighted by Gasteiger charge is -2.20. The molecule has 1 aromatic rings. The molecule has 1 rings (SSSR count). The summed E-state index contributed by atoms with van der Waals surface area (Å²) >= 11 is 1.57. The summed E-state index contributed by atoms with van der Waals surface area (Å²) in [5.41, 5.74) is 0.00909. The van der Waals surface area contributed by atoms with Gasteiger partial charge in [-0.05, 0) is 43.2 Å². The van der Waals surface area contributed by atoms with Crippen molar-refractivity contribution in [3.05, 3.63) is 22.4 Å². The topological polar surface area (TPSA) is 66.4 Å². The highest BCUT2D eigenvalue weighted by atomic mass is 32.1. The summed E-state index contributed by atoms with van der Waals surface area (Å²) in [5, 5.41) is 15.6. The molecule has 94 valence electrons. The summed E-state index contributed by atoms with van der Waals surface area (Å²) in [4.78, 5) is 22.6. The quantitative estimate of drug-likeness (QED) is 0.849. The van der Waals surface area contributed by atoms with Gasteiger partial charge in [-0.25, -0.2) is 0 Å². The van der Waals surface area contributed by atoms with E-state index in [1.165, 1.54) is 0 Å². The van der Waals surface area contributed by atoms with Gasteiger partial charge in [0.15, 0.2) is 0 Å². The number of hydrogen-bond acceptors (Lipinski definition) is 3. The van der Waals surface area contributed by atoms with Gasteiger partial charge in [-0.1, -0.05) is 0 Å². The van der Waals surface area contributed by atoms with Crippen molar-refractivity contribution in [3.63, 3.8) is 0 Å². The third-order valence-electron chi connectivity index (χ3n) is 2.60. The lowest BCUT2D eigenvalue weighted by molar-refractivity contribution is -0.149. The van der Waals surface area contributed by atoms with Gasteiger partial charge >= 0.3 is 5.97 Å². The number of carbonyl (C=O) groups is 2. The Morgan fingerprint density at radius 3 is 2.65 bits per heavy atom. The normalized spacial score (nSPS) is 13.1. The molecule has 2 N–H and O–H groups in total. The van der Waals surface area contributed by atoms with Crippen LogP contribution in [-0.2, 0) is 9.59 Å². The number of hydrogen-bond donors (Lipinski definition) is 2. The van der Waals surface area contributed by atoms with Crippen LogP contribution in [0.25, 0.3) is 0 Å². The van der Waals surface area contributed by atoms with E-state index < -0.39 is 11.4 Å². The Morgan fingerprint density at radius 1 is 1.53 bits per heavy atom. The van der Waals surface area contributed by atoms with Gasteiger partial charge in [0.2, 0.25) is 5.91 Å². The standard InChI is InChI=1S/C12H17NO3S/c1-8(9-4-5-17-7-9)13-10(14)6-12(2,3)11(15)16/h4-5,7-8H,6H2,1-3H3,(H,13,14)(H,15,16). The molecule has 0 aliphatic rings. The van der Waals surface area contributed by atoms with Crippen LogP contribution in [0.2, 0.25) is 0 Å². The number of carbonyl (C=O) groups excluding carboxylic acids is 1. The number of carboxylic acids is 1. The van der Waals surface area contributed by atoms with Crippen molar-refractivity contribution in [1.29, 1.82) is 0 Å². The van der Waals surface area contributed by atoms with E-state index in [0.29, 0.717) is 0 Å². The second-order valence-electron chi connectivity index (χ2n) is 4.71. The second-order valence-corrected chi connectivity index (χ2v) is 5.49. The van der Waals surface area contributed by atoms with E-state index in [1.807, 2.05) is 23.8 Å². The molecule has 1 unspecified atom stereocenters. The summed E-state index contributed by atoms with van der Waals surface area (Å²) in [7, 11) is 0. The average Bonchev–Trinajstić information content (AvgIpc) is 2.68. The lowest BCUT2D eigenvalue weighted by atomic mass is 9.89. The molecule has 5 heteroatoms. The zero-order chi connectivity index (χ0) is 13.1. The van der Waals surface area contributed by atoms with Crippen molar-refractivity contribution in [2.24, 2.45) is 5.41 Å². The second kappa shape index (κ2) is 5.31. The van der Waals surface area contributed by atoms with E-state index in [2.05, 4.69) is 5.32 Å². The SMILES string of the molecule is CC(NC(=O)CC(C)(C)C(=O)O)c1ccsc1. The molecule has 0 aliphatic heterocycles. The first-order chi connectivity index (χ1) is 7.83. The first-order valence-electron chi connectivity index (χ1n) is 5.38. The van der Waals surface area contributed by atoms with Gasteiger partial charge in [0, 0.05) is 6.42 Å². The van der Waals surface area contributed by atoms with Crippen LogP contribution in [0.4, 0.5) is 0 Å². The highest BCUT2D eigenvalue weighted by molar-refractivity contribution is 7.07. The molecule has 0 bridgehead atoms. The number of nitrogens with one attached hydrogen (secondary N) is 1. The molecule has 1 aromatic heterocycles. The van der Waals surface area contributed by atoms with Gasteiger partial charge in [-0.2, -0.15) is 11.3 Å². The molecule has 1 heterocycles. The lowest BCUT2D eigenvalue weighted by Crippen LogP contribution is -2.34. The van der Waals surface area contributed by atoms with Gasteiger partial charge in [-0.15, -0.1) is 0 Å². The third kappa shape index (κ3) is 3.85. The molecular formula is C12H17NO3S. The van der Waals surface area contributed by atoms with Gasteiger partial charge in [0.1, 0.15) is 0 Å². The van der Waals surface area contributed by atoms with Crippen molar-refractivity contribution in [2.45, 2.75) is 33.2 Å². The molecule has 4 nitrogen and oxygen atoms in total. The van der Waals surface area contributed by atoms with E-state index >= 15 is 0 Å². The molecule has 0 saturated carbocycles. The summed E-state index contributed by atoms with van der Waals surface area (Å²) in [6.07, 6.45) is -0.0171. The molecule has 0 spiro atoms. The van der Waals surface area contributed by atoms with Crippen molar-refractivity contribution < 1.29 is 14.7 Å². The minimum Gasteiger partial charge on any atom is -0.481 e. The Morgan fingerprint density at radius 2 is 2.18 bits per heavy atom. The van der Waals surface area contributed by atoms with Crippen molar-refractivity contribution in [1.82, 2.24) is 5.32 Å². The van der Waals surface area contributed by atoms with Crippen LogP contribution in [0.15, 0.2) is 16.8 Å². The molecule has 1 atom stereocenters. The molecule has 1 amide bonds. The maximum absolute atomic E-state index is 11.7. The fraction of sp³-hybridized carbons (Fsp3) is 0.500. The Hall–Kier alpha value is -1.36. The molecular weight excluding hydrogens is 238 g/mol. The van der Waals surface area contributed by atoms with Crippen molar-refractivity contribution >= 4 is 23.2 Å². The molecule has 0 saturated heterocycles. The van der Waals surface area contributed by atoms with Crippen LogP contribution in [0.5, 0.6) is 0 Å². The first-order valence-corrected chi connectivity index (χ1v) is 6.32. The van der Waals surface area contributed by atoms with Gasteiger partial charge in [0.25, 0.3) is 0 Å². The fourth-order valence-electron chi connectivity index (χ4n) is 1.37. The average molecular weight is 255 g/mol. The molecule has 0 fully saturated rings. The van der Waals surface area contributed by atoms with Crippen molar-refractivity contribution in [2.75, 3.05) is 0 Å². The van der Waals surface area contributed by atoms with Crippen LogP contribution in [-0.4, -0.2) is 17.0 Å². The maximum atomic E-state index is 11.7. The predicted octanol–water partition coefficient (Wildman–Crippen LogP) is 2.43. The Labute approximate surface area is 105 Å². The van der Waals surface area contributed by atoms with E-state index in [9.17, 15) is 9.59 Å². The molecule has 17 heavy (non-hydrogen) atoms. The Bertz CT molecular complexity index is 398. The summed E-state index contributed by atoms with van der Waals surface area (Å²) < 4.78 is 0. The highest BCUT2D eigenvalue weighted by Crippen LogP contribution is 2.21. The largest absolute Gasteiger partial charge is 0.481 e. The summed E-state index contributed by atoms with van der Waals surface area (Å²) in [6.45, 7) is 4.97. The fourth-order valence-corrected chi connectivity index (χ4v) is 2.13. The third-order valence-corrected chi connectivity index (χ3v) is 3.30. The van der Waals surface area contributed by atoms with E-state index in [1.54, 1.807) is 25.2 Å². The molecule has 0 radical (unpaired) electrons. The molecule has 0 aromatic carbocycles. The van der Waals surface area contributed by atoms with Gasteiger partial charge in [0.05, 0.1) is 11.5 Å². The minimum absolute atomic E-state index is 0.0171. The van der Waals surface area contributed by atoms with Crippen molar-refractivity contribution in [3.8, 4) is 0 Å². The zero-order valence-electron chi connectivity index (χ0n) is 10.2. The predicted molar refractivity (Wildman–Crippen MR) is 66.9 cm³/mol. The van der Waals surface area contributed by atoms with Crippen LogP contribution in [0.3, 0.4) is 0 Å². The van der Waals surface area contributed by atoms with Gasteiger partial charge in [-0.3, -0.25) is 9.59 Å². The minimum atomic E-state index is -1.03. The first kappa shape index (κ1) is 13.7. The number of amides is 1. The monoisotopic (exact) mass is 255 g/mol. The Balaban J connectivity index is 2.53. The van der Waals surface area contributed by atoms with E-state index in [-0.39, 0.29) is 18.4 Å². The number of carboxylic acid groups (broad SMARTS) is 1. The van der Waals surface area contributed by atoms with Crippen LogP contribution < -0.4 is 5.32 Å². The number of rotatable bonds is 5. The Kier molecular flexibility index (Phi) is 4.28. The highest BCUT2D eigenvalue weighted by Gasteiger charge is 2.30. The smallest absolute Gasteiger partial charge is 0.309 e. The van der Waals surface area contributed by atoms with Crippen LogP contribution in [0, 0.1) is 5.41 Å². The number of aliphatic carboxylic acids is 1. The summed E-state index contributed by atoms with van der Waals surface area (Å²) in [6, 6.07) is 1.86. The zero-order valence-corrected chi connectivity index (χ0v) is 11.0. The summed E-state index contributed by atoms with van der Waals surface area (Å²) in [5.74, 6) is -1.20. The number of thiophene rings is 1. The van der Waals surface area contributed by atoms with Crippen LogP contribution >= 0.6 is 11.3 Å².